The van der Waals surface area contributed by atoms with Gasteiger partial charge in [0.25, 0.3) is 0 Å². The molecule has 3 heteroatoms. The van der Waals surface area contributed by atoms with Gasteiger partial charge in [0.15, 0.2) is 0 Å². The van der Waals surface area contributed by atoms with Crippen molar-refractivity contribution in [2.24, 2.45) is 0 Å². The maximum atomic E-state index is 5.41. The van der Waals surface area contributed by atoms with E-state index in [-0.39, 0.29) is 0 Å². The highest BCUT2D eigenvalue weighted by atomic mass is 16.5. The van der Waals surface area contributed by atoms with E-state index in [1.165, 1.54) is 6.42 Å². The van der Waals surface area contributed by atoms with Crippen LogP contribution < -0.4 is 5.32 Å². The Morgan fingerprint density at radius 1 is 1.07 bits per heavy atom. The van der Waals surface area contributed by atoms with Crippen LogP contribution in [0.1, 0.15) is 33.6 Å². The van der Waals surface area contributed by atoms with Gasteiger partial charge in [-0.25, -0.2) is 0 Å². The van der Waals surface area contributed by atoms with E-state index in [1.54, 1.807) is 0 Å². The van der Waals surface area contributed by atoms with E-state index in [2.05, 4.69) is 19.2 Å². The van der Waals surface area contributed by atoms with Crippen LogP contribution in [0.4, 0.5) is 0 Å². The molecular weight excluding hydrogens is 178 g/mol. The summed E-state index contributed by atoms with van der Waals surface area (Å²) in [6, 6.07) is 0.607. The van der Waals surface area contributed by atoms with Crippen molar-refractivity contribution in [3.8, 4) is 0 Å². The third-order valence-corrected chi connectivity index (χ3v) is 2.05. The molecule has 0 bridgehead atoms. The summed E-state index contributed by atoms with van der Waals surface area (Å²) in [6.07, 6.45) is 2.31. The van der Waals surface area contributed by atoms with E-state index in [0.717, 1.165) is 39.4 Å². The summed E-state index contributed by atoms with van der Waals surface area (Å²) in [6.45, 7) is 10.5. The molecule has 86 valence electrons. The zero-order valence-corrected chi connectivity index (χ0v) is 9.84. The molecule has 0 aromatic carbocycles. The van der Waals surface area contributed by atoms with E-state index < -0.39 is 0 Å². The first kappa shape index (κ1) is 13.9. The van der Waals surface area contributed by atoms with Crippen LogP contribution in [0.3, 0.4) is 0 Å². The van der Waals surface area contributed by atoms with Crippen LogP contribution in [0, 0.1) is 0 Å². The summed E-state index contributed by atoms with van der Waals surface area (Å²) < 4.78 is 10.6. The van der Waals surface area contributed by atoms with Crippen LogP contribution in [0.5, 0.6) is 0 Å². The summed E-state index contributed by atoms with van der Waals surface area (Å²) >= 11 is 0. The first-order valence-electron chi connectivity index (χ1n) is 5.70. The predicted octanol–water partition coefficient (Wildman–Crippen LogP) is 1.82. The van der Waals surface area contributed by atoms with E-state index in [9.17, 15) is 0 Å². The maximum absolute atomic E-state index is 5.41. The Hall–Kier alpha value is -0.120. The van der Waals surface area contributed by atoms with Crippen molar-refractivity contribution in [2.75, 3.05) is 33.0 Å². The van der Waals surface area contributed by atoms with Crippen molar-refractivity contribution < 1.29 is 9.47 Å². The molecule has 1 N–H and O–H groups in total. The first-order valence-corrected chi connectivity index (χ1v) is 5.70. The van der Waals surface area contributed by atoms with E-state index >= 15 is 0 Å². The average molecular weight is 203 g/mol. The summed E-state index contributed by atoms with van der Waals surface area (Å²) in [5.74, 6) is 0. The van der Waals surface area contributed by atoms with Gasteiger partial charge in [0.05, 0.1) is 13.2 Å². The standard InChI is InChI=1S/C11H25NO2/c1-4-12-11(3)7-6-8-14-10-9-13-5-2/h11-12H,4-10H2,1-3H3. The Morgan fingerprint density at radius 2 is 1.79 bits per heavy atom. The molecule has 0 heterocycles. The Morgan fingerprint density at radius 3 is 2.43 bits per heavy atom. The Balaban J connectivity index is 2.98. The number of hydrogen-bond donors (Lipinski definition) is 1. The lowest BCUT2D eigenvalue weighted by atomic mass is 10.2. The number of hydrogen-bond acceptors (Lipinski definition) is 3. The molecule has 14 heavy (non-hydrogen) atoms. The minimum atomic E-state index is 0.607. The minimum absolute atomic E-state index is 0.607. The van der Waals surface area contributed by atoms with Crippen molar-refractivity contribution >= 4 is 0 Å². The van der Waals surface area contributed by atoms with Gasteiger partial charge in [-0.3, -0.25) is 0 Å². The molecule has 0 radical (unpaired) electrons. The Kier molecular flexibility index (Phi) is 10.9. The van der Waals surface area contributed by atoms with Gasteiger partial charge in [-0.15, -0.1) is 0 Å². The quantitative estimate of drug-likeness (QED) is 0.549. The molecule has 0 saturated carbocycles. The highest BCUT2D eigenvalue weighted by Gasteiger charge is 1.98. The molecule has 1 unspecified atom stereocenters. The van der Waals surface area contributed by atoms with Crippen molar-refractivity contribution in [3.05, 3.63) is 0 Å². The summed E-state index contributed by atoms with van der Waals surface area (Å²) in [5, 5.41) is 3.38. The van der Waals surface area contributed by atoms with Gasteiger partial charge in [0.1, 0.15) is 0 Å². The predicted molar refractivity (Wildman–Crippen MR) is 59.7 cm³/mol. The summed E-state index contributed by atoms with van der Waals surface area (Å²) in [5.41, 5.74) is 0. The summed E-state index contributed by atoms with van der Waals surface area (Å²) in [7, 11) is 0. The van der Waals surface area contributed by atoms with Gasteiger partial charge >= 0.3 is 0 Å². The van der Waals surface area contributed by atoms with Gasteiger partial charge in [-0.05, 0) is 33.2 Å². The van der Waals surface area contributed by atoms with E-state index in [0.29, 0.717) is 6.04 Å². The van der Waals surface area contributed by atoms with Crippen LogP contribution >= 0.6 is 0 Å². The zero-order chi connectivity index (χ0) is 10.6. The molecule has 0 rings (SSSR count). The molecule has 3 nitrogen and oxygen atoms in total. The van der Waals surface area contributed by atoms with Gasteiger partial charge in [-0.2, -0.15) is 0 Å². The third kappa shape index (κ3) is 9.96. The average Bonchev–Trinajstić information content (AvgIpc) is 2.17. The SMILES string of the molecule is CCNC(C)CCCOCCOCC. The summed E-state index contributed by atoms with van der Waals surface area (Å²) in [4.78, 5) is 0. The Bertz CT molecular complexity index is 109. The van der Waals surface area contributed by atoms with Crippen molar-refractivity contribution in [1.29, 1.82) is 0 Å². The van der Waals surface area contributed by atoms with Crippen LogP contribution in [0.15, 0.2) is 0 Å². The molecule has 0 amide bonds. The highest BCUT2D eigenvalue weighted by molar-refractivity contribution is 4.58. The second kappa shape index (κ2) is 11.0. The fraction of sp³-hybridized carbons (Fsp3) is 1.00. The monoisotopic (exact) mass is 203 g/mol. The van der Waals surface area contributed by atoms with Gasteiger partial charge in [-0.1, -0.05) is 6.92 Å². The molecule has 0 aromatic heterocycles. The maximum Gasteiger partial charge on any atom is 0.0700 e. The van der Waals surface area contributed by atoms with Crippen LogP contribution in [0.2, 0.25) is 0 Å². The molecule has 0 spiro atoms. The zero-order valence-electron chi connectivity index (χ0n) is 9.84. The molecule has 0 aromatic rings. The molecule has 0 aliphatic heterocycles. The molecule has 0 saturated heterocycles. The molecule has 0 aliphatic rings. The van der Waals surface area contributed by atoms with E-state index in [4.69, 9.17) is 9.47 Å². The van der Waals surface area contributed by atoms with Crippen molar-refractivity contribution in [3.63, 3.8) is 0 Å². The lowest BCUT2D eigenvalue weighted by Crippen LogP contribution is -2.25. The van der Waals surface area contributed by atoms with E-state index in [1.807, 2.05) is 6.92 Å². The van der Waals surface area contributed by atoms with Gasteiger partial charge in [0.2, 0.25) is 0 Å². The van der Waals surface area contributed by atoms with Crippen molar-refractivity contribution in [2.45, 2.75) is 39.7 Å². The second-order valence-corrected chi connectivity index (χ2v) is 3.41. The molecule has 0 aliphatic carbocycles. The van der Waals surface area contributed by atoms with Gasteiger partial charge in [0, 0.05) is 19.3 Å². The largest absolute Gasteiger partial charge is 0.379 e. The molecule has 0 fully saturated rings. The number of ether oxygens (including phenoxy) is 2. The van der Waals surface area contributed by atoms with Crippen LogP contribution in [-0.2, 0) is 9.47 Å². The fourth-order valence-corrected chi connectivity index (χ4v) is 1.31. The molecule has 1 atom stereocenters. The molecular formula is C11H25NO2. The topological polar surface area (TPSA) is 30.5 Å². The minimum Gasteiger partial charge on any atom is -0.379 e. The fourth-order valence-electron chi connectivity index (χ4n) is 1.31. The first-order chi connectivity index (χ1) is 6.81. The third-order valence-electron chi connectivity index (χ3n) is 2.05. The second-order valence-electron chi connectivity index (χ2n) is 3.41. The lowest BCUT2D eigenvalue weighted by Gasteiger charge is -2.11. The number of rotatable bonds is 10. The highest BCUT2D eigenvalue weighted by Crippen LogP contribution is 1.96. The van der Waals surface area contributed by atoms with Gasteiger partial charge < -0.3 is 14.8 Å². The normalized spacial score (nSPS) is 13.1. The van der Waals surface area contributed by atoms with Crippen molar-refractivity contribution in [1.82, 2.24) is 5.32 Å². The smallest absolute Gasteiger partial charge is 0.0700 e. The number of nitrogens with one attached hydrogen (secondary N) is 1. The van der Waals surface area contributed by atoms with Crippen LogP contribution in [-0.4, -0.2) is 39.0 Å². The Labute approximate surface area is 88.2 Å². The van der Waals surface area contributed by atoms with Crippen LogP contribution in [0.25, 0.3) is 0 Å². The lowest BCUT2D eigenvalue weighted by molar-refractivity contribution is 0.0508.